The number of hydrogen-bond acceptors (Lipinski definition) is 3. The van der Waals surface area contributed by atoms with Crippen LogP contribution in [0.4, 0.5) is 0 Å². The van der Waals surface area contributed by atoms with Crippen molar-refractivity contribution in [3.05, 3.63) is 24.3 Å². The van der Waals surface area contributed by atoms with Crippen molar-refractivity contribution >= 4 is 5.91 Å². The van der Waals surface area contributed by atoms with E-state index in [2.05, 4.69) is 31.3 Å². The van der Waals surface area contributed by atoms with Gasteiger partial charge in [0.2, 0.25) is 5.91 Å². The van der Waals surface area contributed by atoms with Crippen molar-refractivity contribution in [2.24, 2.45) is 0 Å². The van der Waals surface area contributed by atoms with Gasteiger partial charge in [0.1, 0.15) is 0 Å². The Morgan fingerprint density at radius 1 is 0.397 bits per heavy atom. The molecule has 0 aromatic rings. The van der Waals surface area contributed by atoms with E-state index in [-0.39, 0.29) is 12.5 Å². The SMILES string of the molecule is CCCCCCCCCCC/C=C/C(O)C(CO)NC(=O)CCCCCCCCCCCCCCCCCCC/C=C\CCCCCCCCCCCCCCCC. The van der Waals surface area contributed by atoms with Crippen LogP contribution in [0, 0.1) is 0 Å². The molecule has 0 aliphatic carbocycles. The summed E-state index contributed by atoms with van der Waals surface area (Å²) in [5.41, 5.74) is 0. The van der Waals surface area contributed by atoms with Crippen LogP contribution >= 0.6 is 0 Å². The van der Waals surface area contributed by atoms with Gasteiger partial charge >= 0.3 is 0 Å². The zero-order chi connectivity index (χ0) is 42.1. The Hall–Kier alpha value is -1.13. The van der Waals surface area contributed by atoms with Crippen molar-refractivity contribution < 1.29 is 15.0 Å². The summed E-state index contributed by atoms with van der Waals surface area (Å²) >= 11 is 0. The second-order valence-corrected chi connectivity index (χ2v) is 18.3. The maximum absolute atomic E-state index is 12.4. The quantitative estimate of drug-likeness (QED) is 0.0423. The number of amides is 1. The van der Waals surface area contributed by atoms with E-state index in [4.69, 9.17) is 0 Å². The molecule has 0 aliphatic heterocycles. The van der Waals surface area contributed by atoms with Crippen LogP contribution < -0.4 is 5.32 Å². The summed E-state index contributed by atoms with van der Waals surface area (Å²) < 4.78 is 0. The Bertz CT molecular complexity index is 840. The lowest BCUT2D eigenvalue weighted by Gasteiger charge is -2.20. The minimum absolute atomic E-state index is 0.0610. The minimum atomic E-state index is -0.835. The van der Waals surface area contributed by atoms with E-state index in [9.17, 15) is 15.0 Å². The summed E-state index contributed by atoms with van der Waals surface area (Å²) in [5, 5.41) is 23.0. The van der Waals surface area contributed by atoms with Gasteiger partial charge in [-0.3, -0.25) is 4.79 Å². The van der Waals surface area contributed by atoms with Gasteiger partial charge < -0.3 is 15.5 Å². The first kappa shape index (κ1) is 56.9. The number of aliphatic hydroxyl groups excluding tert-OH is 2. The normalized spacial score (nSPS) is 13.0. The minimum Gasteiger partial charge on any atom is -0.394 e. The van der Waals surface area contributed by atoms with Gasteiger partial charge in [-0.05, 0) is 44.9 Å². The number of aliphatic hydroxyl groups is 2. The molecule has 0 saturated heterocycles. The predicted octanol–water partition coefficient (Wildman–Crippen LogP) is 17.1. The third kappa shape index (κ3) is 45.9. The molecule has 1 amide bonds. The molecule has 0 aromatic carbocycles. The molecule has 0 aliphatic rings. The van der Waals surface area contributed by atoms with Gasteiger partial charge in [-0.2, -0.15) is 0 Å². The maximum Gasteiger partial charge on any atom is 0.220 e. The monoisotopic (exact) mass is 816 g/mol. The number of unbranched alkanes of at least 4 members (excludes halogenated alkanes) is 40. The van der Waals surface area contributed by atoms with E-state index >= 15 is 0 Å². The molecule has 58 heavy (non-hydrogen) atoms. The van der Waals surface area contributed by atoms with E-state index in [1.165, 1.54) is 250 Å². The molecule has 2 atom stereocenters. The van der Waals surface area contributed by atoms with Crippen LogP contribution in [0.2, 0.25) is 0 Å². The zero-order valence-corrected chi connectivity index (χ0v) is 39.6. The van der Waals surface area contributed by atoms with Crippen LogP contribution in [0.1, 0.15) is 296 Å². The highest BCUT2D eigenvalue weighted by atomic mass is 16.3. The van der Waals surface area contributed by atoms with Crippen molar-refractivity contribution in [2.45, 2.75) is 309 Å². The third-order valence-electron chi connectivity index (χ3n) is 12.4. The number of nitrogens with one attached hydrogen (secondary N) is 1. The Morgan fingerprint density at radius 2 is 0.655 bits per heavy atom. The molecule has 4 heteroatoms. The summed E-state index contributed by atoms with van der Waals surface area (Å²) in [4.78, 5) is 12.4. The summed E-state index contributed by atoms with van der Waals surface area (Å²) in [7, 11) is 0. The number of allylic oxidation sites excluding steroid dienone is 3. The molecular weight excluding hydrogens is 711 g/mol. The highest BCUT2D eigenvalue weighted by Crippen LogP contribution is 2.17. The van der Waals surface area contributed by atoms with E-state index in [0.29, 0.717) is 6.42 Å². The van der Waals surface area contributed by atoms with Crippen LogP contribution in [0.3, 0.4) is 0 Å². The average Bonchev–Trinajstić information content (AvgIpc) is 3.23. The Morgan fingerprint density at radius 3 is 0.948 bits per heavy atom. The molecule has 0 spiro atoms. The van der Waals surface area contributed by atoms with Crippen LogP contribution in [-0.2, 0) is 4.79 Å². The van der Waals surface area contributed by atoms with Gasteiger partial charge in [0.25, 0.3) is 0 Å². The molecule has 0 saturated carbocycles. The zero-order valence-electron chi connectivity index (χ0n) is 39.6. The molecule has 0 rings (SSSR count). The van der Waals surface area contributed by atoms with E-state index in [1.807, 2.05) is 6.08 Å². The molecule has 3 N–H and O–H groups in total. The molecule has 344 valence electrons. The highest BCUT2D eigenvalue weighted by molar-refractivity contribution is 5.76. The van der Waals surface area contributed by atoms with E-state index in [0.717, 1.165) is 25.7 Å². The third-order valence-corrected chi connectivity index (χ3v) is 12.4. The smallest absolute Gasteiger partial charge is 0.220 e. The number of rotatable bonds is 49. The highest BCUT2D eigenvalue weighted by Gasteiger charge is 2.18. The fourth-order valence-corrected chi connectivity index (χ4v) is 8.35. The maximum atomic E-state index is 12.4. The predicted molar refractivity (Wildman–Crippen MR) is 258 cm³/mol. The molecular formula is C54H105NO3. The van der Waals surface area contributed by atoms with Crippen molar-refractivity contribution in [3.8, 4) is 0 Å². The molecule has 0 heterocycles. The first-order valence-electron chi connectivity index (χ1n) is 26.6. The lowest BCUT2D eigenvalue weighted by atomic mass is 10.0. The van der Waals surface area contributed by atoms with Gasteiger partial charge in [-0.1, -0.05) is 269 Å². The summed E-state index contributed by atoms with van der Waals surface area (Å²) in [6.45, 7) is 4.32. The standard InChI is InChI=1S/C54H105NO3/c1-3-5-7-9-11-13-15-16-17-18-19-20-21-22-23-24-25-26-27-28-29-30-31-32-33-34-35-36-37-38-40-42-44-46-48-50-54(58)55-52(51-56)53(57)49-47-45-43-41-39-14-12-10-8-6-4-2/h24-25,47,49,52-53,56-57H,3-23,26-46,48,50-51H2,1-2H3,(H,55,58)/b25-24-,49-47+. The van der Waals surface area contributed by atoms with Crippen molar-refractivity contribution in [1.29, 1.82) is 0 Å². The lowest BCUT2D eigenvalue weighted by Crippen LogP contribution is -2.45. The number of carbonyl (C=O) groups is 1. The fourth-order valence-electron chi connectivity index (χ4n) is 8.35. The second-order valence-electron chi connectivity index (χ2n) is 18.3. The molecule has 0 radical (unpaired) electrons. The van der Waals surface area contributed by atoms with Crippen LogP contribution in [-0.4, -0.2) is 34.9 Å². The van der Waals surface area contributed by atoms with Crippen molar-refractivity contribution in [3.63, 3.8) is 0 Å². The first-order chi connectivity index (χ1) is 28.7. The van der Waals surface area contributed by atoms with Crippen LogP contribution in [0.25, 0.3) is 0 Å². The number of hydrogen-bond donors (Lipinski definition) is 3. The number of carbonyl (C=O) groups excluding carboxylic acids is 1. The summed E-state index contributed by atoms with van der Waals surface area (Å²) in [6, 6.07) is -0.618. The van der Waals surface area contributed by atoms with Crippen LogP contribution in [0.5, 0.6) is 0 Å². The largest absolute Gasteiger partial charge is 0.394 e. The summed E-state index contributed by atoms with van der Waals surface area (Å²) in [6.07, 6.45) is 66.3. The van der Waals surface area contributed by atoms with Crippen molar-refractivity contribution in [1.82, 2.24) is 5.32 Å². The van der Waals surface area contributed by atoms with Crippen LogP contribution in [0.15, 0.2) is 24.3 Å². The topological polar surface area (TPSA) is 69.6 Å². The fraction of sp³-hybridized carbons (Fsp3) is 0.907. The van der Waals surface area contributed by atoms with E-state index < -0.39 is 12.1 Å². The van der Waals surface area contributed by atoms with Gasteiger partial charge in [0.05, 0.1) is 18.8 Å². The van der Waals surface area contributed by atoms with Gasteiger partial charge in [-0.15, -0.1) is 0 Å². The molecule has 0 aromatic heterocycles. The second kappa shape index (κ2) is 50.2. The lowest BCUT2D eigenvalue weighted by molar-refractivity contribution is -0.123. The molecule has 0 fully saturated rings. The molecule has 0 bridgehead atoms. The first-order valence-corrected chi connectivity index (χ1v) is 26.6. The Kier molecular flexibility index (Phi) is 49.2. The van der Waals surface area contributed by atoms with Gasteiger partial charge in [0, 0.05) is 6.42 Å². The Balaban J connectivity index is 3.38. The van der Waals surface area contributed by atoms with Crippen molar-refractivity contribution in [2.75, 3.05) is 6.61 Å². The average molecular weight is 816 g/mol. The summed E-state index contributed by atoms with van der Waals surface area (Å²) in [5.74, 6) is -0.0610. The van der Waals surface area contributed by atoms with E-state index in [1.54, 1.807) is 6.08 Å². The van der Waals surface area contributed by atoms with Gasteiger partial charge in [0.15, 0.2) is 0 Å². The molecule has 4 nitrogen and oxygen atoms in total. The molecule has 2 unspecified atom stereocenters. The van der Waals surface area contributed by atoms with Gasteiger partial charge in [-0.25, -0.2) is 0 Å². The Labute approximate surface area is 364 Å².